The monoisotopic (exact) mass is 474 g/mol. The molecular weight excluding hydrogens is 444 g/mol. The van der Waals surface area contributed by atoms with Gasteiger partial charge in [0.05, 0.1) is 27.0 Å². The molecule has 0 fully saturated rings. The Labute approximate surface area is 204 Å². The van der Waals surface area contributed by atoms with Crippen LogP contribution in [0.15, 0.2) is 65.5 Å². The fraction of sp³-hybridized carbons (Fsp3) is 0.259. The van der Waals surface area contributed by atoms with Crippen LogP contribution in [-0.4, -0.2) is 34.2 Å². The Hall–Kier alpha value is -4.20. The zero-order valence-electron chi connectivity index (χ0n) is 20.6. The van der Waals surface area contributed by atoms with Crippen molar-refractivity contribution < 1.29 is 18.7 Å². The number of furan rings is 1. The highest BCUT2D eigenvalue weighted by Gasteiger charge is 2.22. The van der Waals surface area contributed by atoms with E-state index in [1.807, 2.05) is 62.0 Å². The second-order valence-electron chi connectivity index (χ2n) is 8.31. The van der Waals surface area contributed by atoms with Crippen molar-refractivity contribution in [2.45, 2.75) is 26.4 Å². The predicted molar refractivity (Wildman–Crippen MR) is 133 cm³/mol. The van der Waals surface area contributed by atoms with Gasteiger partial charge in [-0.2, -0.15) is 0 Å². The van der Waals surface area contributed by atoms with E-state index in [2.05, 4.69) is 20.9 Å². The number of hydrogen-bond donors (Lipinski definition) is 1. The highest BCUT2D eigenvalue weighted by molar-refractivity contribution is 5.92. The van der Waals surface area contributed by atoms with E-state index >= 15 is 0 Å². The third-order valence-electron chi connectivity index (χ3n) is 6.03. The number of rotatable bonds is 9. The van der Waals surface area contributed by atoms with E-state index in [0.29, 0.717) is 23.9 Å². The molecule has 0 radical (unpaired) electrons. The van der Waals surface area contributed by atoms with Crippen molar-refractivity contribution in [2.75, 3.05) is 14.2 Å². The molecule has 35 heavy (non-hydrogen) atoms. The molecule has 1 atom stereocenters. The molecule has 4 aromatic rings. The molecule has 8 nitrogen and oxygen atoms in total. The van der Waals surface area contributed by atoms with Gasteiger partial charge in [0.25, 0.3) is 0 Å². The van der Waals surface area contributed by atoms with Crippen molar-refractivity contribution in [3.8, 4) is 11.5 Å². The molecule has 1 amide bonds. The summed E-state index contributed by atoms with van der Waals surface area (Å²) in [7, 11) is 5.08. The maximum Gasteiger partial charge on any atom is 0.244 e. The van der Waals surface area contributed by atoms with Crippen molar-refractivity contribution in [3.63, 3.8) is 0 Å². The molecule has 0 saturated heterocycles. The van der Waals surface area contributed by atoms with Crippen molar-refractivity contribution >= 4 is 12.0 Å². The summed E-state index contributed by atoms with van der Waals surface area (Å²) in [4.78, 5) is 17.5. The number of nitrogens with one attached hydrogen (secondary N) is 1. The number of amides is 1. The molecule has 3 aromatic heterocycles. The number of aryl methyl sites for hydroxylation is 2. The van der Waals surface area contributed by atoms with Crippen LogP contribution in [0.5, 0.6) is 11.5 Å². The summed E-state index contributed by atoms with van der Waals surface area (Å²) in [6, 6.07) is 10.9. The number of benzene rings is 1. The summed E-state index contributed by atoms with van der Waals surface area (Å²) in [5, 5.41) is 3.08. The largest absolute Gasteiger partial charge is 0.497 e. The van der Waals surface area contributed by atoms with Gasteiger partial charge in [0.2, 0.25) is 5.91 Å². The second-order valence-corrected chi connectivity index (χ2v) is 8.31. The zero-order valence-corrected chi connectivity index (χ0v) is 20.6. The van der Waals surface area contributed by atoms with Crippen LogP contribution in [0.1, 0.15) is 40.1 Å². The summed E-state index contributed by atoms with van der Waals surface area (Å²) in [5.74, 6) is 2.60. The number of ether oxygens (including phenoxy) is 2. The third kappa shape index (κ3) is 5.32. The molecule has 0 aliphatic carbocycles. The van der Waals surface area contributed by atoms with E-state index < -0.39 is 6.04 Å². The molecule has 1 N–H and O–H groups in total. The number of nitrogens with zero attached hydrogens (tertiary/aromatic N) is 3. The van der Waals surface area contributed by atoms with Crippen LogP contribution in [0.3, 0.4) is 0 Å². The summed E-state index contributed by atoms with van der Waals surface area (Å²) in [6.07, 6.45) is 8.60. The standard InChI is InChI=1S/C27H30N4O4/c1-18-13-20(19(2)31(18)17-22-7-6-12-35-22)8-9-25(32)29-26(27-28-10-11-30(27)3)21-14-23(33-4)16-24(15-21)34-5/h6-16,26H,17H2,1-5H3,(H,29,32). The highest BCUT2D eigenvalue weighted by Crippen LogP contribution is 2.29. The van der Waals surface area contributed by atoms with E-state index in [9.17, 15) is 4.79 Å². The van der Waals surface area contributed by atoms with Crippen LogP contribution in [0.2, 0.25) is 0 Å². The molecule has 0 bridgehead atoms. The zero-order chi connectivity index (χ0) is 24.9. The van der Waals surface area contributed by atoms with Crippen molar-refractivity contribution in [1.82, 2.24) is 19.4 Å². The van der Waals surface area contributed by atoms with Crippen LogP contribution in [0.25, 0.3) is 6.08 Å². The molecule has 1 aromatic carbocycles. The Morgan fingerprint density at radius 1 is 1.17 bits per heavy atom. The van der Waals surface area contributed by atoms with Gasteiger partial charge in [-0.3, -0.25) is 4.79 Å². The van der Waals surface area contributed by atoms with E-state index in [1.165, 1.54) is 0 Å². The van der Waals surface area contributed by atoms with E-state index in [4.69, 9.17) is 13.9 Å². The molecule has 0 spiro atoms. The Balaban J connectivity index is 1.58. The Morgan fingerprint density at radius 2 is 1.91 bits per heavy atom. The smallest absolute Gasteiger partial charge is 0.244 e. The molecule has 8 heteroatoms. The highest BCUT2D eigenvalue weighted by atomic mass is 16.5. The van der Waals surface area contributed by atoms with Gasteiger partial charge in [-0.15, -0.1) is 0 Å². The maximum absolute atomic E-state index is 13.1. The average Bonchev–Trinajstić information content (AvgIpc) is 3.59. The Kier molecular flexibility index (Phi) is 7.10. The first-order valence-corrected chi connectivity index (χ1v) is 11.3. The van der Waals surface area contributed by atoms with Gasteiger partial charge in [0.1, 0.15) is 29.1 Å². The van der Waals surface area contributed by atoms with Gasteiger partial charge in [-0.1, -0.05) is 0 Å². The lowest BCUT2D eigenvalue weighted by atomic mass is 10.0. The number of imidazole rings is 1. The minimum atomic E-state index is -0.498. The van der Waals surface area contributed by atoms with Crippen LogP contribution < -0.4 is 14.8 Å². The van der Waals surface area contributed by atoms with E-state index in [0.717, 1.165) is 28.3 Å². The van der Waals surface area contributed by atoms with Gasteiger partial charge in [-0.05, 0) is 61.4 Å². The molecule has 3 heterocycles. The first-order chi connectivity index (χ1) is 16.9. The number of carbonyl (C=O) groups excluding carboxylic acids is 1. The topological polar surface area (TPSA) is 83.4 Å². The van der Waals surface area contributed by atoms with Crippen LogP contribution in [0, 0.1) is 13.8 Å². The lowest BCUT2D eigenvalue weighted by Crippen LogP contribution is -2.29. The van der Waals surface area contributed by atoms with Gasteiger partial charge in [0.15, 0.2) is 0 Å². The summed E-state index contributed by atoms with van der Waals surface area (Å²) < 4.78 is 20.4. The molecule has 0 aliphatic heterocycles. The average molecular weight is 475 g/mol. The minimum Gasteiger partial charge on any atom is -0.497 e. The molecule has 1 unspecified atom stereocenters. The first-order valence-electron chi connectivity index (χ1n) is 11.3. The summed E-state index contributed by atoms with van der Waals surface area (Å²) >= 11 is 0. The number of methoxy groups -OCH3 is 2. The Bertz CT molecular complexity index is 1310. The fourth-order valence-corrected chi connectivity index (χ4v) is 4.10. The van der Waals surface area contributed by atoms with Crippen molar-refractivity contribution in [1.29, 1.82) is 0 Å². The number of aromatic nitrogens is 3. The van der Waals surface area contributed by atoms with Crippen molar-refractivity contribution in [2.24, 2.45) is 7.05 Å². The quantitative estimate of drug-likeness (QED) is 0.363. The van der Waals surface area contributed by atoms with Gasteiger partial charge in [0, 0.05) is 43.0 Å². The van der Waals surface area contributed by atoms with E-state index in [-0.39, 0.29) is 5.91 Å². The normalized spacial score (nSPS) is 12.1. The van der Waals surface area contributed by atoms with Gasteiger partial charge >= 0.3 is 0 Å². The SMILES string of the molecule is COc1cc(OC)cc(C(NC(=O)C=Cc2cc(C)n(Cc3ccco3)c2C)c2nccn2C)c1. The van der Waals surface area contributed by atoms with Gasteiger partial charge < -0.3 is 28.3 Å². The summed E-state index contributed by atoms with van der Waals surface area (Å²) in [5.41, 5.74) is 3.92. The molecule has 0 aliphatic rings. The minimum absolute atomic E-state index is 0.240. The van der Waals surface area contributed by atoms with Crippen LogP contribution >= 0.6 is 0 Å². The van der Waals surface area contributed by atoms with Crippen LogP contribution in [-0.2, 0) is 18.4 Å². The predicted octanol–water partition coefficient (Wildman–Crippen LogP) is 4.42. The molecule has 0 saturated carbocycles. The first kappa shape index (κ1) is 23.9. The van der Waals surface area contributed by atoms with Gasteiger partial charge in [-0.25, -0.2) is 4.98 Å². The molecule has 4 rings (SSSR count). The molecular formula is C27H30N4O4. The number of carbonyl (C=O) groups is 1. The van der Waals surface area contributed by atoms with Crippen molar-refractivity contribution in [3.05, 3.63) is 95.2 Å². The Morgan fingerprint density at radius 3 is 2.51 bits per heavy atom. The summed E-state index contributed by atoms with van der Waals surface area (Å²) in [6.45, 7) is 4.72. The lowest BCUT2D eigenvalue weighted by Gasteiger charge is -2.20. The molecule has 182 valence electrons. The van der Waals surface area contributed by atoms with Crippen LogP contribution in [0.4, 0.5) is 0 Å². The fourth-order valence-electron chi connectivity index (χ4n) is 4.10. The van der Waals surface area contributed by atoms with E-state index in [1.54, 1.807) is 38.8 Å². The number of hydrogen-bond acceptors (Lipinski definition) is 5. The lowest BCUT2D eigenvalue weighted by molar-refractivity contribution is -0.117. The third-order valence-corrected chi connectivity index (χ3v) is 6.03. The maximum atomic E-state index is 13.1. The second kappa shape index (κ2) is 10.4.